The first-order valence-corrected chi connectivity index (χ1v) is 8.00. The smallest absolute Gasteiger partial charge is 0.317 e. The van der Waals surface area contributed by atoms with Crippen molar-refractivity contribution in [3.05, 3.63) is 35.9 Å². The average Bonchev–Trinajstić information content (AvgIpc) is 2.55. The number of urea groups is 1. The number of rotatable bonds is 4. The van der Waals surface area contributed by atoms with Crippen molar-refractivity contribution in [3.8, 4) is 0 Å². The predicted octanol–water partition coefficient (Wildman–Crippen LogP) is 0.991. The average molecular weight is 318 g/mol. The summed E-state index contributed by atoms with van der Waals surface area (Å²) < 4.78 is 0. The van der Waals surface area contributed by atoms with Crippen LogP contribution < -0.4 is 5.32 Å². The minimum atomic E-state index is -0.495. The third kappa shape index (κ3) is 4.96. The molecule has 1 fully saturated rings. The van der Waals surface area contributed by atoms with Gasteiger partial charge in [-0.2, -0.15) is 0 Å². The zero-order chi connectivity index (χ0) is 16.8. The molecule has 1 N–H and O–H groups in total. The molecule has 6 nitrogen and oxygen atoms in total. The molecule has 23 heavy (non-hydrogen) atoms. The minimum absolute atomic E-state index is 0.0143. The van der Waals surface area contributed by atoms with Crippen molar-refractivity contribution in [1.82, 2.24) is 20.0 Å². The number of nitrogens with zero attached hydrogens (tertiary/aromatic N) is 3. The van der Waals surface area contributed by atoms with E-state index in [1.54, 1.807) is 21.0 Å². The van der Waals surface area contributed by atoms with Crippen LogP contribution in [0.3, 0.4) is 0 Å². The Bertz CT molecular complexity index is 525. The first kappa shape index (κ1) is 17.3. The number of hydrogen-bond acceptors (Lipinski definition) is 3. The SMILES string of the molecule is C[C@H](NC(=O)N(C)C)C(=O)N1CCN(Cc2ccccc2)CC1. The largest absolute Gasteiger partial charge is 0.338 e. The quantitative estimate of drug-likeness (QED) is 0.901. The molecule has 2 rings (SSSR count). The number of amides is 3. The lowest BCUT2D eigenvalue weighted by atomic mass is 10.2. The van der Waals surface area contributed by atoms with Crippen LogP contribution in [0.4, 0.5) is 4.79 Å². The van der Waals surface area contributed by atoms with Crippen molar-refractivity contribution in [3.63, 3.8) is 0 Å². The fourth-order valence-corrected chi connectivity index (χ4v) is 2.62. The molecular weight excluding hydrogens is 292 g/mol. The fourth-order valence-electron chi connectivity index (χ4n) is 2.62. The number of carbonyl (C=O) groups excluding carboxylic acids is 2. The molecule has 0 aliphatic carbocycles. The van der Waals surface area contributed by atoms with Gasteiger partial charge in [0.25, 0.3) is 0 Å². The highest BCUT2D eigenvalue weighted by molar-refractivity contribution is 5.86. The Morgan fingerprint density at radius 3 is 2.30 bits per heavy atom. The fraction of sp³-hybridized carbons (Fsp3) is 0.529. The highest BCUT2D eigenvalue weighted by Gasteiger charge is 2.26. The van der Waals surface area contributed by atoms with Gasteiger partial charge in [0.05, 0.1) is 0 Å². The number of carbonyl (C=O) groups is 2. The van der Waals surface area contributed by atoms with Crippen LogP contribution in [0.1, 0.15) is 12.5 Å². The molecule has 0 spiro atoms. The second kappa shape index (κ2) is 7.97. The zero-order valence-corrected chi connectivity index (χ0v) is 14.2. The highest BCUT2D eigenvalue weighted by Crippen LogP contribution is 2.09. The zero-order valence-electron chi connectivity index (χ0n) is 14.2. The summed E-state index contributed by atoms with van der Waals surface area (Å²) in [6, 6.07) is 9.61. The van der Waals surface area contributed by atoms with E-state index < -0.39 is 6.04 Å². The topological polar surface area (TPSA) is 55.9 Å². The summed E-state index contributed by atoms with van der Waals surface area (Å²) >= 11 is 0. The van der Waals surface area contributed by atoms with Crippen molar-refractivity contribution in [2.45, 2.75) is 19.5 Å². The van der Waals surface area contributed by atoms with E-state index in [9.17, 15) is 9.59 Å². The second-order valence-electron chi connectivity index (χ2n) is 6.15. The standard InChI is InChI=1S/C17H26N4O2/c1-14(18-17(23)19(2)3)16(22)21-11-9-20(10-12-21)13-15-7-5-4-6-8-15/h4-8,14H,9-13H2,1-3H3,(H,18,23)/t14-/m0/s1. The van der Waals surface area contributed by atoms with Crippen LogP contribution in [0.2, 0.25) is 0 Å². The Morgan fingerprint density at radius 2 is 1.74 bits per heavy atom. The molecule has 1 atom stereocenters. The van der Waals surface area contributed by atoms with Crippen molar-refractivity contribution < 1.29 is 9.59 Å². The highest BCUT2D eigenvalue weighted by atomic mass is 16.2. The third-order valence-electron chi connectivity index (χ3n) is 4.05. The van der Waals surface area contributed by atoms with Crippen LogP contribution in [0.5, 0.6) is 0 Å². The summed E-state index contributed by atoms with van der Waals surface area (Å²) in [5.74, 6) is -0.0143. The molecule has 0 saturated carbocycles. The molecule has 1 heterocycles. The van der Waals surface area contributed by atoms with E-state index in [0.29, 0.717) is 13.1 Å². The first-order valence-electron chi connectivity index (χ1n) is 8.00. The summed E-state index contributed by atoms with van der Waals surface area (Å²) in [5.41, 5.74) is 1.29. The monoisotopic (exact) mass is 318 g/mol. The molecule has 0 radical (unpaired) electrons. The van der Waals surface area contributed by atoms with Gasteiger partial charge in [0.15, 0.2) is 0 Å². The van der Waals surface area contributed by atoms with Gasteiger partial charge in [-0.25, -0.2) is 4.79 Å². The molecule has 0 bridgehead atoms. The van der Waals surface area contributed by atoms with Gasteiger partial charge in [0.1, 0.15) is 6.04 Å². The van der Waals surface area contributed by atoms with Gasteiger partial charge in [-0.15, -0.1) is 0 Å². The first-order chi connectivity index (χ1) is 11.0. The van der Waals surface area contributed by atoms with Crippen LogP contribution in [0.25, 0.3) is 0 Å². The lowest BCUT2D eigenvalue weighted by Gasteiger charge is -2.36. The van der Waals surface area contributed by atoms with Crippen molar-refractivity contribution in [2.24, 2.45) is 0 Å². The Hall–Kier alpha value is -2.08. The maximum absolute atomic E-state index is 12.4. The van der Waals surface area contributed by atoms with E-state index in [2.05, 4.69) is 22.3 Å². The summed E-state index contributed by atoms with van der Waals surface area (Å²) in [5, 5.41) is 2.71. The molecule has 1 aromatic carbocycles. The lowest BCUT2D eigenvalue weighted by molar-refractivity contribution is -0.134. The molecule has 0 unspecified atom stereocenters. The van der Waals surface area contributed by atoms with Gasteiger partial charge in [-0.1, -0.05) is 30.3 Å². The van der Waals surface area contributed by atoms with Gasteiger partial charge < -0.3 is 15.1 Å². The number of benzene rings is 1. The van der Waals surface area contributed by atoms with Crippen molar-refractivity contribution >= 4 is 11.9 Å². The molecule has 1 aliphatic heterocycles. The van der Waals surface area contributed by atoms with E-state index in [1.165, 1.54) is 10.5 Å². The van der Waals surface area contributed by atoms with E-state index in [4.69, 9.17) is 0 Å². The van der Waals surface area contributed by atoms with Crippen LogP contribution in [-0.2, 0) is 11.3 Å². The Morgan fingerprint density at radius 1 is 1.13 bits per heavy atom. The van der Waals surface area contributed by atoms with Crippen molar-refractivity contribution in [2.75, 3.05) is 40.3 Å². The van der Waals surface area contributed by atoms with E-state index in [1.807, 2.05) is 23.1 Å². The van der Waals surface area contributed by atoms with Crippen LogP contribution in [0, 0.1) is 0 Å². The lowest BCUT2D eigenvalue weighted by Crippen LogP contribution is -2.54. The third-order valence-corrected chi connectivity index (χ3v) is 4.05. The second-order valence-corrected chi connectivity index (χ2v) is 6.15. The van der Waals surface area contributed by atoms with Crippen LogP contribution >= 0.6 is 0 Å². The van der Waals surface area contributed by atoms with Gasteiger partial charge in [-0.05, 0) is 12.5 Å². The maximum Gasteiger partial charge on any atom is 0.317 e. The summed E-state index contributed by atoms with van der Waals surface area (Å²) in [4.78, 5) is 29.6. The summed E-state index contributed by atoms with van der Waals surface area (Å²) in [6.45, 7) is 5.77. The Kier molecular flexibility index (Phi) is 5.98. The predicted molar refractivity (Wildman–Crippen MR) is 90.0 cm³/mol. The number of piperazine rings is 1. The number of hydrogen-bond donors (Lipinski definition) is 1. The summed E-state index contributed by atoms with van der Waals surface area (Å²) in [7, 11) is 3.32. The summed E-state index contributed by atoms with van der Waals surface area (Å²) in [6.07, 6.45) is 0. The van der Waals surface area contributed by atoms with Gasteiger partial charge in [0, 0.05) is 46.8 Å². The van der Waals surface area contributed by atoms with Gasteiger partial charge in [-0.3, -0.25) is 9.69 Å². The normalized spacial score (nSPS) is 16.7. The molecule has 1 saturated heterocycles. The molecule has 126 valence electrons. The maximum atomic E-state index is 12.4. The van der Waals surface area contributed by atoms with Crippen LogP contribution in [0.15, 0.2) is 30.3 Å². The molecule has 1 aliphatic rings. The Labute approximate surface area is 138 Å². The van der Waals surface area contributed by atoms with E-state index >= 15 is 0 Å². The minimum Gasteiger partial charge on any atom is -0.338 e. The van der Waals surface area contributed by atoms with Crippen LogP contribution in [-0.4, -0.2) is 73.0 Å². The van der Waals surface area contributed by atoms with E-state index in [-0.39, 0.29) is 11.9 Å². The molecule has 1 aromatic rings. The molecular formula is C17H26N4O2. The Balaban J connectivity index is 1.79. The van der Waals surface area contributed by atoms with E-state index in [0.717, 1.165) is 19.6 Å². The molecule has 3 amide bonds. The number of nitrogens with one attached hydrogen (secondary N) is 1. The van der Waals surface area contributed by atoms with Gasteiger partial charge in [0.2, 0.25) is 5.91 Å². The molecule has 0 aromatic heterocycles. The van der Waals surface area contributed by atoms with Gasteiger partial charge >= 0.3 is 6.03 Å². The van der Waals surface area contributed by atoms with Crippen molar-refractivity contribution in [1.29, 1.82) is 0 Å². The molecule has 6 heteroatoms.